The molecule has 2 N–H and O–H groups in total. The first-order valence-electron chi connectivity index (χ1n) is 6.19. The van der Waals surface area contributed by atoms with E-state index >= 15 is 0 Å². The number of nitro groups is 1. The molecule has 2 rings (SSSR count). The van der Waals surface area contributed by atoms with Crippen LogP contribution in [0.25, 0.3) is 0 Å². The van der Waals surface area contributed by atoms with Gasteiger partial charge in [-0.3, -0.25) is 20.2 Å². The minimum atomic E-state index is -0.563. The Morgan fingerprint density at radius 3 is 2.48 bits per heavy atom. The number of thiocarbonyl (C=S) groups is 1. The zero-order chi connectivity index (χ0) is 17.0. The van der Waals surface area contributed by atoms with Gasteiger partial charge in [0.1, 0.15) is 0 Å². The summed E-state index contributed by atoms with van der Waals surface area (Å²) in [6.07, 6.45) is 0. The van der Waals surface area contributed by atoms with Crippen molar-refractivity contribution in [2.45, 2.75) is 0 Å². The van der Waals surface area contributed by atoms with Gasteiger partial charge in [0.15, 0.2) is 5.11 Å². The van der Waals surface area contributed by atoms with Crippen molar-refractivity contribution >= 4 is 57.8 Å². The average Bonchev–Trinajstić information content (AvgIpc) is 2.49. The van der Waals surface area contributed by atoms with Gasteiger partial charge in [0.2, 0.25) is 0 Å². The summed E-state index contributed by atoms with van der Waals surface area (Å²) >= 11 is 16.9. The summed E-state index contributed by atoms with van der Waals surface area (Å²) in [6.45, 7) is 0. The summed E-state index contributed by atoms with van der Waals surface area (Å²) in [5.74, 6) is -0.505. The van der Waals surface area contributed by atoms with Crippen LogP contribution in [0.2, 0.25) is 10.0 Å². The first-order chi connectivity index (χ1) is 10.9. The molecule has 9 heteroatoms. The molecule has 0 unspecified atom stereocenters. The zero-order valence-corrected chi connectivity index (χ0v) is 13.7. The number of nitro benzene ring substituents is 1. The monoisotopic (exact) mass is 369 g/mol. The SMILES string of the molecule is O=C(NC(=S)Nc1cc([N+](=O)[O-])ccc1Cl)c1ccccc1Cl. The maximum absolute atomic E-state index is 12.1. The summed E-state index contributed by atoms with van der Waals surface area (Å²) < 4.78 is 0. The molecule has 0 aromatic heterocycles. The Kier molecular flexibility index (Phi) is 5.49. The van der Waals surface area contributed by atoms with E-state index in [9.17, 15) is 14.9 Å². The third-order valence-corrected chi connectivity index (χ3v) is 3.62. The summed E-state index contributed by atoms with van der Waals surface area (Å²) in [4.78, 5) is 22.3. The number of amides is 1. The van der Waals surface area contributed by atoms with Gasteiger partial charge in [-0.25, -0.2) is 0 Å². The summed E-state index contributed by atoms with van der Waals surface area (Å²) in [5.41, 5.74) is 0.311. The van der Waals surface area contributed by atoms with Gasteiger partial charge in [-0.05, 0) is 30.4 Å². The van der Waals surface area contributed by atoms with Crippen molar-refractivity contribution in [3.63, 3.8) is 0 Å². The van der Waals surface area contributed by atoms with E-state index in [1.165, 1.54) is 18.2 Å². The van der Waals surface area contributed by atoms with Crippen molar-refractivity contribution in [3.05, 3.63) is 68.2 Å². The van der Waals surface area contributed by atoms with Crippen LogP contribution in [0.3, 0.4) is 0 Å². The van der Waals surface area contributed by atoms with Crippen LogP contribution in [-0.2, 0) is 0 Å². The molecule has 0 fully saturated rings. The highest BCUT2D eigenvalue weighted by Gasteiger charge is 2.14. The predicted molar refractivity (Wildman–Crippen MR) is 93.2 cm³/mol. The lowest BCUT2D eigenvalue weighted by Gasteiger charge is -2.11. The molecule has 0 saturated carbocycles. The molecule has 0 radical (unpaired) electrons. The number of carbonyl (C=O) groups excluding carboxylic acids is 1. The number of benzene rings is 2. The maximum atomic E-state index is 12.1. The number of nitrogens with zero attached hydrogens (tertiary/aromatic N) is 1. The van der Waals surface area contributed by atoms with Gasteiger partial charge in [-0.15, -0.1) is 0 Å². The first-order valence-corrected chi connectivity index (χ1v) is 7.35. The van der Waals surface area contributed by atoms with E-state index in [1.807, 2.05) is 0 Å². The smallest absolute Gasteiger partial charge is 0.271 e. The molecule has 0 aliphatic rings. The third-order valence-electron chi connectivity index (χ3n) is 2.75. The van der Waals surface area contributed by atoms with Crippen molar-refractivity contribution in [3.8, 4) is 0 Å². The van der Waals surface area contributed by atoms with E-state index in [0.717, 1.165) is 0 Å². The maximum Gasteiger partial charge on any atom is 0.271 e. The lowest BCUT2D eigenvalue weighted by atomic mass is 10.2. The average molecular weight is 370 g/mol. The quantitative estimate of drug-likeness (QED) is 0.484. The van der Waals surface area contributed by atoms with E-state index in [2.05, 4.69) is 10.6 Å². The molecule has 0 heterocycles. The second-order valence-corrected chi connectivity index (χ2v) is 5.53. The van der Waals surface area contributed by atoms with Crippen LogP contribution in [0.4, 0.5) is 11.4 Å². The van der Waals surface area contributed by atoms with E-state index in [0.29, 0.717) is 0 Å². The van der Waals surface area contributed by atoms with Crippen LogP contribution in [0, 0.1) is 10.1 Å². The standard InChI is InChI=1S/C14H9Cl2N3O3S/c15-10-4-2-1-3-9(10)13(20)18-14(23)17-12-7-8(19(21)22)5-6-11(12)16/h1-7H,(H2,17,18,20,23). The molecule has 23 heavy (non-hydrogen) atoms. The largest absolute Gasteiger partial charge is 0.331 e. The van der Waals surface area contributed by atoms with Crippen molar-refractivity contribution in [1.29, 1.82) is 0 Å². The Morgan fingerprint density at radius 2 is 1.83 bits per heavy atom. The highest BCUT2D eigenvalue weighted by molar-refractivity contribution is 7.80. The number of non-ortho nitro benzene ring substituents is 1. The molecule has 1 amide bonds. The van der Waals surface area contributed by atoms with Gasteiger partial charge >= 0.3 is 0 Å². The summed E-state index contributed by atoms with van der Waals surface area (Å²) in [7, 11) is 0. The van der Waals surface area contributed by atoms with Crippen molar-refractivity contribution in [1.82, 2.24) is 5.32 Å². The van der Waals surface area contributed by atoms with Gasteiger partial charge < -0.3 is 5.32 Å². The minimum Gasteiger partial charge on any atom is -0.331 e. The van der Waals surface area contributed by atoms with Crippen LogP contribution in [0.5, 0.6) is 0 Å². The molecule has 0 bridgehead atoms. The van der Waals surface area contributed by atoms with Gasteiger partial charge in [0.05, 0.1) is 26.2 Å². The van der Waals surface area contributed by atoms with Gasteiger partial charge in [0, 0.05) is 12.1 Å². The van der Waals surface area contributed by atoms with Crippen LogP contribution in [-0.4, -0.2) is 15.9 Å². The lowest BCUT2D eigenvalue weighted by molar-refractivity contribution is -0.384. The lowest BCUT2D eigenvalue weighted by Crippen LogP contribution is -2.34. The highest BCUT2D eigenvalue weighted by Crippen LogP contribution is 2.26. The predicted octanol–water partition coefficient (Wildman–Crippen LogP) is 4.03. The molecule has 0 spiro atoms. The first kappa shape index (κ1) is 17.1. The topological polar surface area (TPSA) is 84.3 Å². The highest BCUT2D eigenvalue weighted by atomic mass is 35.5. The number of halogens is 2. The van der Waals surface area contributed by atoms with Crippen LogP contribution in [0.1, 0.15) is 10.4 Å². The number of hydrogen-bond acceptors (Lipinski definition) is 4. The number of hydrogen-bond donors (Lipinski definition) is 2. The molecule has 0 saturated heterocycles. The number of carbonyl (C=O) groups is 1. The normalized spacial score (nSPS) is 10.0. The van der Waals surface area contributed by atoms with E-state index in [4.69, 9.17) is 35.4 Å². The van der Waals surface area contributed by atoms with E-state index in [-0.39, 0.29) is 32.1 Å². The number of anilines is 1. The third kappa shape index (κ3) is 4.38. The Bertz CT molecular complexity index is 799. The Balaban J connectivity index is 2.11. The molecule has 2 aromatic carbocycles. The molecule has 2 aromatic rings. The Morgan fingerprint density at radius 1 is 1.13 bits per heavy atom. The number of rotatable bonds is 3. The van der Waals surface area contributed by atoms with E-state index in [1.54, 1.807) is 24.3 Å². The second-order valence-electron chi connectivity index (χ2n) is 4.31. The fourth-order valence-corrected chi connectivity index (χ4v) is 2.28. The summed E-state index contributed by atoms with van der Waals surface area (Å²) in [5, 5.41) is 16.3. The summed E-state index contributed by atoms with van der Waals surface area (Å²) in [6, 6.07) is 10.3. The minimum absolute atomic E-state index is 0.0580. The molecule has 0 aliphatic carbocycles. The van der Waals surface area contributed by atoms with Gasteiger partial charge in [0.25, 0.3) is 11.6 Å². The fourth-order valence-electron chi connectivity index (χ4n) is 1.69. The molecular weight excluding hydrogens is 361 g/mol. The second kappa shape index (κ2) is 7.36. The van der Waals surface area contributed by atoms with Gasteiger partial charge in [-0.2, -0.15) is 0 Å². The van der Waals surface area contributed by atoms with Crippen LogP contribution >= 0.6 is 35.4 Å². The fraction of sp³-hybridized carbons (Fsp3) is 0. The Labute approximate surface area is 146 Å². The molecule has 0 aliphatic heterocycles. The van der Waals surface area contributed by atoms with Crippen LogP contribution < -0.4 is 10.6 Å². The van der Waals surface area contributed by atoms with Crippen molar-refractivity contribution in [2.24, 2.45) is 0 Å². The van der Waals surface area contributed by atoms with Gasteiger partial charge in [-0.1, -0.05) is 35.3 Å². The molecule has 6 nitrogen and oxygen atoms in total. The molecule has 0 atom stereocenters. The molecular formula is C14H9Cl2N3O3S. The van der Waals surface area contributed by atoms with Crippen LogP contribution in [0.15, 0.2) is 42.5 Å². The zero-order valence-electron chi connectivity index (χ0n) is 11.4. The number of nitrogens with one attached hydrogen (secondary N) is 2. The Hall–Kier alpha value is -2.22. The van der Waals surface area contributed by atoms with Crippen molar-refractivity contribution < 1.29 is 9.72 Å². The van der Waals surface area contributed by atoms with E-state index < -0.39 is 10.8 Å². The van der Waals surface area contributed by atoms with Crippen molar-refractivity contribution in [2.75, 3.05) is 5.32 Å². The molecule has 118 valence electrons.